The zero-order valence-electron chi connectivity index (χ0n) is 15.8. The number of halogens is 3. The van der Waals surface area contributed by atoms with Crippen molar-refractivity contribution in [1.82, 2.24) is 4.98 Å². The van der Waals surface area contributed by atoms with E-state index in [2.05, 4.69) is 15.3 Å². The van der Waals surface area contributed by atoms with Crippen LogP contribution in [0.3, 0.4) is 0 Å². The van der Waals surface area contributed by atoms with Gasteiger partial charge in [-0.15, -0.1) is 0 Å². The van der Waals surface area contributed by atoms with Crippen LogP contribution in [-0.4, -0.2) is 23.0 Å². The molecular weight excluding hydrogens is 383 g/mol. The second kappa shape index (κ2) is 8.69. The molecule has 1 unspecified atom stereocenters. The number of aliphatic imine (C=N–C) groups is 1. The zero-order chi connectivity index (χ0) is 21.0. The Labute approximate surface area is 166 Å². The van der Waals surface area contributed by atoms with E-state index >= 15 is 0 Å². The summed E-state index contributed by atoms with van der Waals surface area (Å²) >= 11 is 0. The number of H-pyrrole nitrogens is 1. The maximum atomic E-state index is 12.9. The van der Waals surface area contributed by atoms with Gasteiger partial charge in [0, 0.05) is 12.2 Å². The van der Waals surface area contributed by atoms with Gasteiger partial charge in [-0.1, -0.05) is 31.4 Å². The minimum atomic E-state index is -4.57. The Morgan fingerprint density at radius 2 is 1.93 bits per heavy atom. The first-order valence-corrected chi connectivity index (χ1v) is 9.50. The molecule has 29 heavy (non-hydrogen) atoms. The molecule has 1 aromatic carbocycles. The number of anilines is 1. The van der Waals surface area contributed by atoms with Crippen molar-refractivity contribution in [3.63, 3.8) is 0 Å². The molecule has 1 saturated carbocycles. The van der Waals surface area contributed by atoms with E-state index in [4.69, 9.17) is 11.5 Å². The standard InChI is InChI=1S/C20H24F3N5O/c21-20(22,23)17(24)12-5-4-8-14(11-12)28-18(25)16-15(9-10-26-19(16)29)27-13-6-2-1-3-7-13/h4-5,8-11,13,17H,1-3,6-7,24H2,(H2,25,28)(H2,26,27,29). The first kappa shape index (κ1) is 20.9. The third-order valence-electron chi connectivity index (χ3n) is 5.01. The maximum Gasteiger partial charge on any atom is 0.407 e. The van der Waals surface area contributed by atoms with E-state index in [1.807, 2.05) is 0 Å². The van der Waals surface area contributed by atoms with E-state index in [1.165, 1.54) is 36.9 Å². The first-order valence-electron chi connectivity index (χ1n) is 9.50. The molecule has 1 heterocycles. The molecule has 2 aromatic rings. The Kier molecular flexibility index (Phi) is 6.26. The van der Waals surface area contributed by atoms with Gasteiger partial charge in [-0.05, 0) is 36.6 Å². The van der Waals surface area contributed by atoms with Gasteiger partial charge in [0.15, 0.2) is 0 Å². The van der Waals surface area contributed by atoms with Crippen molar-refractivity contribution in [2.75, 3.05) is 5.32 Å². The summed E-state index contributed by atoms with van der Waals surface area (Å²) < 4.78 is 38.6. The normalized spacial score (nSPS) is 17.2. The monoisotopic (exact) mass is 407 g/mol. The Morgan fingerprint density at radius 1 is 1.21 bits per heavy atom. The third-order valence-corrected chi connectivity index (χ3v) is 5.01. The molecule has 1 aromatic heterocycles. The smallest absolute Gasteiger partial charge is 0.383 e. The largest absolute Gasteiger partial charge is 0.407 e. The van der Waals surface area contributed by atoms with Crippen molar-refractivity contribution >= 4 is 17.2 Å². The number of pyridine rings is 1. The lowest BCUT2D eigenvalue weighted by Crippen LogP contribution is -2.30. The summed E-state index contributed by atoms with van der Waals surface area (Å²) in [6, 6.07) is 5.25. The highest BCUT2D eigenvalue weighted by atomic mass is 19.4. The summed E-state index contributed by atoms with van der Waals surface area (Å²) in [6.45, 7) is 0. The molecule has 1 atom stereocenters. The van der Waals surface area contributed by atoms with Gasteiger partial charge in [0.1, 0.15) is 17.4 Å². The summed E-state index contributed by atoms with van der Waals surface area (Å²) in [7, 11) is 0. The topological polar surface area (TPSA) is 109 Å². The third kappa shape index (κ3) is 5.17. The highest BCUT2D eigenvalue weighted by Gasteiger charge is 2.37. The van der Waals surface area contributed by atoms with Crippen LogP contribution in [0, 0.1) is 0 Å². The number of nitrogens with zero attached hydrogens (tertiary/aromatic N) is 1. The summed E-state index contributed by atoms with van der Waals surface area (Å²) in [6.07, 6.45) is 2.38. The molecule has 1 aliphatic rings. The Balaban J connectivity index is 1.91. The number of rotatable bonds is 5. The quantitative estimate of drug-likeness (QED) is 0.447. The fraction of sp³-hybridized carbons (Fsp3) is 0.400. The van der Waals surface area contributed by atoms with Crippen LogP contribution in [0.1, 0.15) is 49.3 Å². The van der Waals surface area contributed by atoms with Gasteiger partial charge >= 0.3 is 6.18 Å². The van der Waals surface area contributed by atoms with Gasteiger partial charge in [0.05, 0.1) is 11.4 Å². The average Bonchev–Trinajstić information content (AvgIpc) is 2.67. The molecule has 0 amide bonds. The fourth-order valence-corrected chi connectivity index (χ4v) is 3.49. The molecule has 6 nitrogen and oxygen atoms in total. The van der Waals surface area contributed by atoms with Crippen LogP contribution in [0.4, 0.5) is 24.5 Å². The minimum Gasteiger partial charge on any atom is -0.383 e. The van der Waals surface area contributed by atoms with Gasteiger partial charge in [0.25, 0.3) is 5.56 Å². The fourth-order valence-electron chi connectivity index (χ4n) is 3.49. The van der Waals surface area contributed by atoms with Gasteiger partial charge < -0.3 is 21.8 Å². The Bertz CT molecular complexity index is 932. The molecule has 9 heteroatoms. The van der Waals surface area contributed by atoms with Crippen LogP contribution in [0.2, 0.25) is 0 Å². The van der Waals surface area contributed by atoms with Gasteiger partial charge in [-0.3, -0.25) is 4.79 Å². The zero-order valence-corrected chi connectivity index (χ0v) is 15.8. The molecule has 0 bridgehead atoms. The van der Waals surface area contributed by atoms with Crippen LogP contribution in [0.15, 0.2) is 46.3 Å². The SMILES string of the molecule is NC(=Nc1cccc(C(N)C(F)(F)F)c1)c1c(NC2CCCCC2)cc[nH]c1=O. The Hall–Kier alpha value is -2.81. The molecule has 0 radical (unpaired) electrons. The Morgan fingerprint density at radius 3 is 2.62 bits per heavy atom. The number of alkyl halides is 3. The number of aromatic amines is 1. The van der Waals surface area contributed by atoms with Crippen molar-refractivity contribution in [3.05, 3.63) is 58.0 Å². The minimum absolute atomic E-state index is 0.0807. The molecule has 0 aliphatic heterocycles. The highest BCUT2D eigenvalue weighted by molar-refractivity contribution is 6.03. The van der Waals surface area contributed by atoms with E-state index < -0.39 is 17.8 Å². The van der Waals surface area contributed by atoms with E-state index in [9.17, 15) is 18.0 Å². The van der Waals surface area contributed by atoms with Crippen LogP contribution in [-0.2, 0) is 0 Å². The predicted molar refractivity (Wildman–Crippen MR) is 107 cm³/mol. The summed E-state index contributed by atoms with van der Waals surface area (Å²) in [5.41, 5.74) is 11.7. The summed E-state index contributed by atoms with van der Waals surface area (Å²) in [4.78, 5) is 19.1. The molecular formula is C20H24F3N5O. The molecule has 156 valence electrons. The second-order valence-corrected chi connectivity index (χ2v) is 7.19. The van der Waals surface area contributed by atoms with Gasteiger partial charge in [-0.25, -0.2) is 4.99 Å². The van der Waals surface area contributed by atoms with Crippen molar-refractivity contribution in [3.8, 4) is 0 Å². The number of nitrogens with two attached hydrogens (primary N) is 2. The number of nitrogens with one attached hydrogen (secondary N) is 2. The highest BCUT2D eigenvalue weighted by Crippen LogP contribution is 2.32. The van der Waals surface area contributed by atoms with E-state index in [0.717, 1.165) is 25.7 Å². The number of aromatic nitrogens is 1. The van der Waals surface area contributed by atoms with Gasteiger partial charge in [-0.2, -0.15) is 13.2 Å². The lowest BCUT2D eigenvalue weighted by atomic mass is 9.95. The summed E-state index contributed by atoms with van der Waals surface area (Å²) in [5, 5.41) is 3.36. The maximum absolute atomic E-state index is 12.9. The molecule has 0 spiro atoms. The van der Waals surface area contributed by atoms with Crippen molar-refractivity contribution < 1.29 is 13.2 Å². The van der Waals surface area contributed by atoms with Crippen LogP contribution in [0.25, 0.3) is 0 Å². The number of hydrogen-bond acceptors (Lipinski definition) is 4. The van der Waals surface area contributed by atoms with E-state index in [-0.39, 0.29) is 28.7 Å². The molecule has 3 rings (SSSR count). The summed E-state index contributed by atoms with van der Waals surface area (Å²) in [5.74, 6) is -0.0807. The predicted octanol–water partition coefficient (Wildman–Crippen LogP) is 3.72. The molecule has 0 saturated heterocycles. The molecule has 1 aliphatic carbocycles. The number of hydrogen-bond donors (Lipinski definition) is 4. The number of benzene rings is 1. The van der Waals surface area contributed by atoms with Crippen molar-refractivity contribution in [2.45, 2.75) is 50.4 Å². The average molecular weight is 407 g/mol. The van der Waals surface area contributed by atoms with Gasteiger partial charge in [0.2, 0.25) is 0 Å². The lowest BCUT2D eigenvalue weighted by molar-refractivity contribution is -0.149. The number of amidine groups is 1. The molecule has 6 N–H and O–H groups in total. The van der Waals surface area contributed by atoms with Crippen molar-refractivity contribution in [1.29, 1.82) is 0 Å². The van der Waals surface area contributed by atoms with Crippen LogP contribution >= 0.6 is 0 Å². The lowest BCUT2D eigenvalue weighted by Gasteiger charge is -2.24. The second-order valence-electron chi connectivity index (χ2n) is 7.19. The van der Waals surface area contributed by atoms with Crippen LogP contribution in [0.5, 0.6) is 0 Å². The van der Waals surface area contributed by atoms with Crippen LogP contribution < -0.4 is 22.3 Å². The molecule has 1 fully saturated rings. The van der Waals surface area contributed by atoms with Crippen molar-refractivity contribution in [2.24, 2.45) is 16.5 Å². The van der Waals surface area contributed by atoms with E-state index in [0.29, 0.717) is 5.69 Å². The first-order chi connectivity index (χ1) is 13.8. The van der Waals surface area contributed by atoms with E-state index in [1.54, 1.807) is 6.07 Å².